The zero-order valence-corrected chi connectivity index (χ0v) is 7.13. The molecule has 62 valence electrons. The fourth-order valence-electron chi connectivity index (χ4n) is 1.64. The smallest absolute Gasteiger partial charge is 0.00800 e. The van der Waals surface area contributed by atoms with Crippen LogP contribution in [-0.4, -0.2) is 0 Å². The first-order valence-electron chi connectivity index (χ1n) is 3.94. The molecule has 1 aromatic heterocycles. The molecule has 0 amide bonds. The fraction of sp³-hybridized carbons (Fsp3) is 0.600. The summed E-state index contributed by atoms with van der Waals surface area (Å²) in [7, 11) is 0. The zero-order chi connectivity index (χ0) is 6.97. The van der Waals surface area contributed by atoms with Crippen LogP contribution in [0.3, 0.4) is 0 Å². The summed E-state index contributed by atoms with van der Waals surface area (Å²) in [5.41, 5.74) is 1.63. The summed E-state index contributed by atoms with van der Waals surface area (Å²) >= 11 is 1.99. The van der Waals surface area contributed by atoms with E-state index in [0.717, 1.165) is 0 Å². The Morgan fingerprint density at radius 3 is 2.73 bits per heavy atom. The lowest BCUT2D eigenvalue weighted by molar-refractivity contribution is 0.697. The van der Waals surface area contributed by atoms with Crippen LogP contribution in [0, 0.1) is 6.92 Å². The lowest BCUT2D eigenvalue weighted by Gasteiger charge is -2.08. The van der Waals surface area contributed by atoms with Crippen molar-refractivity contribution >= 4 is 11.3 Å². The first kappa shape index (κ1) is 8.79. The van der Waals surface area contributed by atoms with Gasteiger partial charge in [0, 0.05) is 9.75 Å². The molecule has 0 atom stereocenters. The van der Waals surface area contributed by atoms with Gasteiger partial charge in [-0.15, -0.1) is 11.3 Å². The van der Waals surface area contributed by atoms with Gasteiger partial charge in [-0.2, -0.15) is 0 Å². The van der Waals surface area contributed by atoms with Gasteiger partial charge in [0.1, 0.15) is 0 Å². The van der Waals surface area contributed by atoms with Crippen molar-refractivity contribution < 1.29 is 0 Å². The van der Waals surface area contributed by atoms with Crippen LogP contribution < -0.4 is 0 Å². The van der Waals surface area contributed by atoms with Gasteiger partial charge in [0.2, 0.25) is 0 Å². The molecule has 0 radical (unpaired) electrons. The highest BCUT2D eigenvalue weighted by atomic mass is 32.1. The Bertz CT molecular complexity index is 212. The van der Waals surface area contributed by atoms with E-state index in [1.54, 1.807) is 10.4 Å². The van der Waals surface area contributed by atoms with Crippen LogP contribution in [0.1, 0.15) is 35.6 Å². The predicted octanol–water partition coefficient (Wildman–Crippen LogP) is 3.57. The van der Waals surface area contributed by atoms with E-state index in [1.807, 2.05) is 11.3 Å². The quantitative estimate of drug-likeness (QED) is 0.555. The van der Waals surface area contributed by atoms with Gasteiger partial charge in [-0.3, -0.25) is 0 Å². The summed E-state index contributed by atoms with van der Waals surface area (Å²) in [6, 6.07) is 2.36. The van der Waals surface area contributed by atoms with Crippen molar-refractivity contribution in [3.05, 3.63) is 21.4 Å². The highest BCUT2D eigenvalue weighted by molar-refractivity contribution is 7.12. The molecule has 1 heterocycles. The van der Waals surface area contributed by atoms with E-state index in [4.69, 9.17) is 0 Å². The van der Waals surface area contributed by atoms with Crippen molar-refractivity contribution in [2.75, 3.05) is 0 Å². The summed E-state index contributed by atoms with van der Waals surface area (Å²) in [5, 5.41) is 0. The number of fused-ring (bicyclic) bond motifs is 1. The fourth-order valence-corrected chi connectivity index (χ4v) is 2.77. The standard InChI is InChI=1S/C9H12S.CH4/c1-7-6-8-4-2-3-5-9(8)10-7;/h6H,2-5H2,1H3;1H4. The van der Waals surface area contributed by atoms with Crippen molar-refractivity contribution in [2.24, 2.45) is 0 Å². The van der Waals surface area contributed by atoms with E-state index >= 15 is 0 Å². The third kappa shape index (κ3) is 1.64. The Kier molecular flexibility index (Phi) is 2.72. The minimum Gasteiger partial charge on any atom is -0.145 e. The molecule has 0 saturated heterocycles. The highest BCUT2D eigenvalue weighted by Crippen LogP contribution is 2.28. The summed E-state index contributed by atoms with van der Waals surface area (Å²) in [4.78, 5) is 3.15. The van der Waals surface area contributed by atoms with Gasteiger partial charge in [-0.05, 0) is 44.2 Å². The third-order valence-electron chi connectivity index (χ3n) is 2.12. The molecule has 0 nitrogen and oxygen atoms in total. The normalized spacial score (nSPS) is 15.4. The van der Waals surface area contributed by atoms with Crippen LogP contribution in [-0.2, 0) is 12.8 Å². The minimum atomic E-state index is 0. The van der Waals surface area contributed by atoms with Crippen LogP contribution in [0.15, 0.2) is 6.07 Å². The van der Waals surface area contributed by atoms with Gasteiger partial charge in [0.25, 0.3) is 0 Å². The number of rotatable bonds is 0. The van der Waals surface area contributed by atoms with Crippen molar-refractivity contribution in [3.8, 4) is 0 Å². The average molecular weight is 168 g/mol. The van der Waals surface area contributed by atoms with Crippen molar-refractivity contribution in [2.45, 2.75) is 40.0 Å². The summed E-state index contributed by atoms with van der Waals surface area (Å²) < 4.78 is 0. The minimum absolute atomic E-state index is 0. The van der Waals surface area contributed by atoms with Crippen LogP contribution in [0.5, 0.6) is 0 Å². The molecule has 0 aromatic carbocycles. The van der Waals surface area contributed by atoms with E-state index in [9.17, 15) is 0 Å². The molecular formula is C10H16S. The first-order chi connectivity index (χ1) is 4.86. The second kappa shape index (κ2) is 3.40. The molecule has 0 N–H and O–H groups in total. The second-order valence-electron chi connectivity index (χ2n) is 3.01. The van der Waals surface area contributed by atoms with Crippen LogP contribution in [0.4, 0.5) is 0 Å². The van der Waals surface area contributed by atoms with Crippen molar-refractivity contribution in [3.63, 3.8) is 0 Å². The summed E-state index contributed by atoms with van der Waals surface area (Å²) in [6.07, 6.45) is 5.49. The number of thiophene rings is 1. The van der Waals surface area contributed by atoms with Gasteiger partial charge in [-0.25, -0.2) is 0 Å². The molecule has 0 aliphatic heterocycles. The molecule has 11 heavy (non-hydrogen) atoms. The molecule has 1 aliphatic rings. The maximum absolute atomic E-state index is 2.36. The molecule has 0 saturated carbocycles. The topological polar surface area (TPSA) is 0 Å². The zero-order valence-electron chi connectivity index (χ0n) is 6.31. The van der Waals surface area contributed by atoms with E-state index in [2.05, 4.69) is 13.0 Å². The van der Waals surface area contributed by atoms with Crippen LogP contribution in [0.2, 0.25) is 0 Å². The van der Waals surface area contributed by atoms with E-state index in [1.165, 1.54) is 30.6 Å². The summed E-state index contributed by atoms with van der Waals surface area (Å²) in [6.45, 7) is 2.21. The lowest BCUT2D eigenvalue weighted by atomic mass is 9.99. The molecular weight excluding hydrogens is 152 g/mol. The Balaban J connectivity index is 0.000000605. The van der Waals surface area contributed by atoms with E-state index in [0.29, 0.717) is 0 Å². The van der Waals surface area contributed by atoms with Crippen molar-refractivity contribution in [1.29, 1.82) is 0 Å². The maximum Gasteiger partial charge on any atom is 0.00800 e. The Hall–Kier alpha value is -0.300. The van der Waals surface area contributed by atoms with Gasteiger partial charge in [-0.1, -0.05) is 7.43 Å². The average Bonchev–Trinajstić information content (AvgIpc) is 2.27. The Morgan fingerprint density at radius 1 is 1.27 bits per heavy atom. The van der Waals surface area contributed by atoms with E-state index < -0.39 is 0 Å². The molecule has 1 aromatic rings. The Labute approximate surface area is 73.3 Å². The molecule has 1 heteroatoms. The molecule has 0 fully saturated rings. The van der Waals surface area contributed by atoms with Gasteiger partial charge < -0.3 is 0 Å². The molecule has 0 spiro atoms. The Morgan fingerprint density at radius 2 is 2.00 bits per heavy atom. The second-order valence-corrected chi connectivity index (χ2v) is 4.35. The maximum atomic E-state index is 2.36. The van der Waals surface area contributed by atoms with Crippen LogP contribution in [0.25, 0.3) is 0 Å². The van der Waals surface area contributed by atoms with Crippen molar-refractivity contribution in [1.82, 2.24) is 0 Å². The molecule has 0 bridgehead atoms. The predicted molar refractivity (Wildman–Crippen MR) is 52.4 cm³/mol. The highest BCUT2D eigenvalue weighted by Gasteiger charge is 2.10. The number of hydrogen-bond donors (Lipinski definition) is 0. The lowest BCUT2D eigenvalue weighted by Crippen LogP contribution is -1.96. The van der Waals surface area contributed by atoms with Gasteiger partial charge >= 0.3 is 0 Å². The third-order valence-corrected chi connectivity index (χ3v) is 3.27. The molecule has 0 unspecified atom stereocenters. The van der Waals surface area contributed by atoms with Gasteiger partial charge in [0.15, 0.2) is 0 Å². The number of aryl methyl sites for hydroxylation is 3. The molecule has 2 rings (SSSR count). The SMILES string of the molecule is C.Cc1cc2c(s1)CCCC2. The molecule has 1 aliphatic carbocycles. The monoisotopic (exact) mass is 168 g/mol. The van der Waals surface area contributed by atoms with Crippen LogP contribution >= 0.6 is 11.3 Å². The summed E-state index contributed by atoms with van der Waals surface area (Å²) in [5.74, 6) is 0. The van der Waals surface area contributed by atoms with Gasteiger partial charge in [0.05, 0.1) is 0 Å². The first-order valence-corrected chi connectivity index (χ1v) is 4.76. The largest absolute Gasteiger partial charge is 0.145 e. The van der Waals surface area contributed by atoms with E-state index in [-0.39, 0.29) is 7.43 Å². The number of hydrogen-bond acceptors (Lipinski definition) is 1.